The second-order valence-electron chi connectivity index (χ2n) is 6.43. The van der Waals surface area contributed by atoms with Crippen LogP contribution in [0.2, 0.25) is 0 Å². The van der Waals surface area contributed by atoms with Gasteiger partial charge in [0.05, 0.1) is 27.0 Å². The lowest BCUT2D eigenvalue weighted by Crippen LogP contribution is -2.09. The molecule has 0 amide bonds. The molecule has 0 radical (unpaired) electrons. The van der Waals surface area contributed by atoms with Gasteiger partial charge in [0.15, 0.2) is 0 Å². The first-order chi connectivity index (χ1) is 14.1. The minimum Gasteiger partial charge on any atom is -0.497 e. The summed E-state index contributed by atoms with van der Waals surface area (Å²) in [4.78, 5) is 9.04. The van der Waals surface area contributed by atoms with E-state index in [0.29, 0.717) is 11.7 Å². The van der Waals surface area contributed by atoms with Crippen molar-refractivity contribution in [1.82, 2.24) is 9.97 Å². The van der Waals surface area contributed by atoms with Gasteiger partial charge in [-0.2, -0.15) is 4.98 Å². The van der Waals surface area contributed by atoms with Crippen LogP contribution in [-0.2, 0) is 6.42 Å². The van der Waals surface area contributed by atoms with E-state index in [1.54, 1.807) is 21.3 Å². The van der Waals surface area contributed by atoms with Gasteiger partial charge in [-0.05, 0) is 43.2 Å². The zero-order valence-corrected chi connectivity index (χ0v) is 17.2. The first kappa shape index (κ1) is 20.3. The predicted octanol–water partition coefficient (Wildman–Crippen LogP) is 4.21. The summed E-state index contributed by atoms with van der Waals surface area (Å²) in [5.74, 6) is 3.51. The number of hydrogen-bond acceptors (Lipinski definition) is 7. The van der Waals surface area contributed by atoms with Gasteiger partial charge in [-0.3, -0.25) is 0 Å². The summed E-state index contributed by atoms with van der Waals surface area (Å²) < 4.78 is 15.9. The molecule has 1 aromatic heterocycles. The molecule has 0 saturated carbocycles. The second-order valence-corrected chi connectivity index (χ2v) is 6.43. The highest BCUT2D eigenvalue weighted by Gasteiger charge is 2.09. The van der Waals surface area contributed by atoms with Crippen LogP contribution >= 0.6 is 0 Å². The maximum absolute atomic E-state index is 5.41. The van der Waals surface area contributed by atoms with E-state index in [0.717, 1.165) is 41.7 Å². The van der Waals surface area contributed by atoms with E-state index >= 15 is 0 Å². The van der Waals surface area contributed by atoms with Gasteiger partial charge in [0.2, 0.25) is 5.95 Å². The molecule has 1 heterocycles. The molecule has 0 aliphatic carbocycles. The van der Waals surface area contributed by atoms with Crippen molar-refractivity contribution < 1.29 is 14.2 Å². The smallest absolute Gasteiger partial charge is 0.229 e. The number of aromatic nitrogens is 2. The van der Waals surface area contributed by atoms with E-state index in [4.69, 9.17) is 14.2 Å². The van der Waals surface area contributed by atoms with Crippen molar-refractivity contribution in [2.24, 2.45) is 0 Å². The molecule has 152 valence electrons. The molecule has 0 saturated heterocycles. The van der Waals surface area contributed by atoms with Crippen molar-refractivity contribution in [3.05, 3.63) is 59.8 Å². The van der Waals surface area contributed by atoms with Crippen LogP contribution in [0.4, 0.5) is 17.5 Å². The van der Waals surface area contributed by atoms with Gasteiger partial charge in [-0.1, -0.05) is 12.1 Å². The Balaban J connectivity index is 1.68. The van der Waals surface area contributed by atoms with Crippen molar-refractivity contribution in [1.29, 1.82) is 0 Å². The Hall–Kier alpha value is -3.48. The molecular formula is C22H26N4O3. The average Bonchev–Trinajstić information content (AvgIpc) is 2.74. The molecule has 0 atom stereocenters. The highest BCUT2D eigenvalue weighted by Crippen LogP contribution is 2.30. The van der Waals surface area contributed by atoms with Crippen molar-refractivity contribution in [3.8, 4) is 17.2 Å². The zero-order valence-electron chi connectivity index (χ0n) is 17.2. The largest absolute Gasteiger partial charge is 0.497 e. The molecule has 3 aromatic rings. The van der Waals surface area contributed by atoms with Crippen LogP contribution in [0.5, 0.6) is 17.2 Å². The first-order valence-corrected chi connectivity index (χ1v) is 9.33. The molecule has 2 N–H and O–H groups in total. The quantitative estimate of drug-likeness (QED) is 0.563. The highest BCUT2D eigenvalue weighted by molar-refractivity contribution is 5.65. The maximum Gasteiger partial charge on any atom is 0.229 e. The van der Waals surface area contributed by atoms with Crippen LogP contribution in [0.1, 0.15) is 11.3 Å². The summed E-state index contributed by atoms with van der Waals surface area (Å²) in [6.07, 6.45) is 0.875. The fraction of sp³-hybridized carbons (Fsp3) is 0.273. The monoisotopic (exact) mass is 394 g/mol. The molecule has 2 aromatic carbocycles. The van der Waals surface area contributed by atoms with Crippen molar-refractivity contribution >= 4 is 17.5 Å². The molecule has 29 heavy (non-hydrogen) atoms. The number of nitrogens with one attached hydrogen (secondary N) is 2. The van der Waals surface area contributed by atoms with E-state index in [2.05, 4.69) is 32.7 Å². The molecule has 0 aliphatic heterocycles. The predicted molar refractivity (Wildman–Crippen MR) is 115 cm³/mol. The lowest BCUT2D eigenvalue weighted by atomic mass is 10.1. The standard InChI is InChI=1S/C22H26N4O3/c1-15-13-21(23-12-11-16-5-7-17(27-2)8-6-16)26-22(24-15)25-19-14-18(28-3)9-10-20(19)29-4/h5-10,13-14H,11-12H2,1-4H3,(H2,23,24,25,26). The Bertz CT molecular complexity index is 945. The van der Waals surface area contributed by atoms with Crippen molar-refractivity contribution in [2.75, 3.05) is 38.5 Å². The van der Waals surface area contributed by atoms with Gasteiger partial charge in [0, 0.05) is 24.4 Å². The fourth-order valence-electron chi connectivity index (χ4n) is 2.87. The molecule has 0 bridgehead atoms. The van der Waals surface area contributed by atoms with Gasteiger partial charge >= 0.3 is 0 Å². The van der Waals surface area contributed by atoms with Crippen LogP contribution in [0.3, 0.4) is 0 Å². The van der Waals surface area contributed by atoms with E-state index in [9.17, 15) is 0 Å². The fourth-order valence-corrected chi connectivity index (χ4v) is 2.87. The second kappa shape index (κ2) is 9.64. The Morgan fingerprint density at radius 2 is 1.55 bits per heavy atom. The Morgan fingerprint density at radius 1 is 0.828 bits per heavy atom. The minimum atomic E-state index is 0.489. The van der Waals surface area contributed by atoms with Gasteiger partial charge in [0.25, 0.3) is 0 Å². The third-order valence-electron chi connectivity index (χ3n) is 4.39. The molecule has 3 rings (SSSR count). The molecule has 7 nitrogen and oxygen atoms in total. The highest BCUT2D eigenvalue weighted by atomic mass is 16.5. The summed E-state index contributed by atoms with van der Waals surface area (Å²) in [5.41, 5.74) is 2.82. The Kier molecular flexibility index (Phi) is 6.73. The Morgan fingerprint density at radius 3 is 2.24 bits per heavy atom. The maximum atomic E-state index is 5.41. The number of aryl methyl sites for hydroxylation is 1. The summed E-state index contributed by atoms with van der Waals surface area (Å²) in [5, 5.41) is 6.58. The number of hydrogen-bond donors (Lipinski definition) is 2. The van der Waals surface area contributed by atoms with Crippen LogP contribution in [0.15, 0.2) is 48.5 Å². The molecule has 0 fully saturated rings. The summed E-state index contributed by atoms with van der Waals surface area (Å²) in [7, 11) is 4.91. The van der Waals surface area contributed by atoms with E-state index in [1.807, 2.05) is 43.3 Å². The number of ether oxygens (including phenoxy) is 3. The SMILES string of the molecule is COc1ccc(CCNc2cc(C)nc(Nc3cc(OC)ccc3OC)n2)cc1. The van der Waals surface area contributed by atoms with Crippen molar-refractivity contribution in [2.45, 2.75) is 13.3 Å². The minimum absolute atomic E-state index is 0.489. The van der Waals surface area contributed by atoms with Crippen LogP contribution in [-0.4, -0.2) is 37.8 Å². The summed E-state index contributed by atoms with van der Waals surface area (Å²) >= 11 is 0. The van der Waals surface area contributed by atoms with E-state index < -0.39 is 0 Å². The Labute approximate surface area is 171 Å². The third kappa shape index (κ3) is 5.51. The van der Waals surface area contributed by atoms with E-state index in [1.165, 1.54) is 5.56 Å². The molecule has 7 heteroatoms. The average molecular weight is 394 g/mol. The summed E-state index contributed by atoms with van der Waals surface area (Å²) in [6.45, 7) is 2.69. The van der Waals surface area contributed by atoms with Gasteiger partial charge < -0.3 is 24.8 Å². The first-order valence-electron chi connectivity index (χ1n) is 9.33. The molecular weight excluding hydrogens is 368 g/mol. The van der Waals surface area contributed by atoms with Crippen molar-refractivity contribution in [3.63, 3.8) is 0 Å². The summed E-state index contributed by atoms with van der Waals surface area (Å²) in [6, 6.07) is 15.5. The van der Waals surface area contributed by atoms with E-state index in [-0.39, 0.29) is 0 Å². The lowest BCUT2D eigenvalue weighted by molar-refractivity contribution is 0.405. The van der Waals surface area contributed by atoms with Crippen LogP contribution in [0.25, 0.3) is 0 Å². The third-order valence-corrected chi connectivity index (χ3v) is 4.39. The number of nitrogens with zero attached hydrogens (tertiary/aromatic N) is 2. The number of benzene rings is 2. The topological polar surface area (TPSA) is 77.5 Å². The molecule has 0 unspecified atom stereocenters. The van der Waals surface area contributed by atoms with Crippen LogP contribution < -0.4 is 24.8 Å². The van der Waals surface area contributed by atoms with Gasteiger partial charge in [0.1, 0.15) is 23.1 Å². The van der Waals surface area contributed by atoms with Gasteiger partial charge in [-0.25, -0.2) is 4.98 Å². The zero-order chi connectivity index (χ0) is 20.6. The number of anilines is 3. The lowest BCUT2D eigenvalue weighted by Gasteiger charge is -2.13. The molecule has 0 aliphatic rings. The number of rotatable bonds is 9. The molecule has 0 spiro atoms. The van der Waals surface area contributed by atoms with Crippen LogP contribution in [0, 0.1) is 6.92 Å². The van der Waals surface area contributed by atoms with Gasteiger partial charge in [-0.15, -0.1) is 0 Å². The normalized spacial score (nSPS) is 10.3. The number of methoxy groups -OCH3 is 3.